The van der Waals surface area contributed by atoms with Crippen LogP contribution in [0.4, 0.5) is 4.79 Å². The molecule has 1 aromatic heterocycles. The number of esters is 1. The van der Waals surface area contributed by atoms with Crippen LogP contribution in [-0.2, 0) is 35.0 Å². The fourth-order valence-electron chi connectivity index (χ4n) is 6.28. The molecular formula is C40H60N4O10. The van der Waals surface area contributed by atoms with E-state index in [1.54, 1.807) is 53.3 Å². The largest absolute Gasteiger partial charge is 0.493 e. The van der Waals surface area contributed by atoms with Gasteiger partial charge in [0.15, 0.2) is 11.5 Å². The van der Waals surface area contributed by atoms with Crippen LogP contribution in [0.2, 0.25) is 0 Å². The van der Waals surface area contributed by atoms with Crippen LogP contribution in [0.1, 0.15) is 82.4 Å². The number of primary amides is 1. The van der Waals surface area contributed by atoms with Crippen molar-refractivity contribution in [2.24, 2.45) is 34.8 Å². The number of carbonyl (C=O) groups excluding carboxylic acids is 4. The van der Waals surface area contributed by atoms with Crippen molar-refractivity contribution >= 4 is 23.9 Å². The number of methoxy groups -OCH3 is 2. The zero-order valence-electron chi connectivity index (χ0n) is 33.3. The lowest BCUT2D eigenvalue weighted by atomic mass is 9.80. The molecule has 4 atom stereocenters. The van der Waals surface area contributed by atoms with Gasteiger partial charge in [-0.3, -0.25) is 19.5 Å². The van der Waals surface area contributed by atoms with Crippen LogP contribution >= 0.6 is 0 Å². The molecule has 1 aromatic carbocycles. The van der Waals surface area contributed by atoms with Crippen molar-refractivity contribution < 1.29 is 47.6 Å². The number of nitrogens with zero attached hydrogens (tertiary/aromatic N) is 2. The predicted octanol–water partition coefficient (Wildman–Crippen LogP) is 5.29. The number of aryl methyl sites for hydroxylation is 1. The number of benzene rings is 1. The number of nitrogens with two attached hydrogens (primary N) is 1. The number of hydrogen-bond acceptors (Lipinski definition) is 11. The van der Waals surface area contributed by atoms with Crippen molar-refractivity contribution in [2.75, 3.05) is 47.5 Å². The van der Waals surface area contributed by atoms with Gasteiger partial charge in [0.05, 0.1) is 42.5 Å². The van der Waals surface area contributed by atoms with Gasteiger partial charge in [-0.1, -0.05) is 33.8 Å². The summed E-state index contributed by atoms with van der Waals surface area (Å²) in [6.45, 7) is 13.7. The summed E-state index contributed by atoms with van der Waals surface area (Å²) in [7, 11) is 3.25. The average molecular weight is 757 g/mol. The van der Waals surface area contributed by atoms with Crippen LogP contribution in [0.3, 0.4) is 0 Å². The first-order valence-corrected chi connectivity index (χ1v) is 18.6. The molecule has 1 saturated heterocycles. The van der Waals surface area contributed by atoms with E-state index < -0.39 is 48.2 Å². The number of carbonyl (C=O) groups is 4. The van der Waals surface area contributed by atoms with Crippen molar-refractivity contribution in [2.45, 2.75) is 86.3 Å². The van der Waals surface area contributed by atoms with Crippen molar-refractivity contribution in [1.82, 2.24) is 15.2 Å². The molecule has 14 nitrogen and oxygen atoms in total. The molecule has 3 N–H and O–H groups in total. The van der Waals surface area contributed by atoms with E-state index in [1.807, 2.05) is 32.0 Å². The molecular weight excluding hydrogens is 696 g/mol. The van der Waals surface area contributed by atoms with Gasteiger partial charge in [0.2, 0.25) is 18.6 Å². The minimum Gasteiger partial charge on any atom is -0.493 e. The molecule has 54 heavy (non-hydrogen) atoms. The van der Waals surface area contributed by atoms with Crippen LogP contribution in [0.15, 0.2) is 36.5 Å². The first-order valence-electron chi connectivity index (χ1n) is 18.6. The molecule has 0 radical (unpaired) electrons. The second-order valence-corrected chi connectivity index (χ2v) is 15.1. The Balaban J connectivity index is 1.85. The third kappa shape index (κ3) is 12.6. The summed E-state index contributed by atoms with van der Waals surface area (Å²) in [6.07, 6.45) is 2.60. The highest BCUT2D eigenvalue weighted by Crippen LogP contribution is 2.36. The second-order valence-electron chi connectivity index (χ2n) is 15.1. The van der Waals surface area contributed by atoms with Gasteiger partial charge in [0.1, 0.15) is 6.73 Å². The zero-order chi connectivity index (χ0) is 40.0. The van der Waals surface area contributed by atoms with Crippen LogP contribution in [-0.4, -0.2) is 93.4 Å². The molecule has 14 heteroatoms. The van der Waals surface area contributed by atoms with Crippen molar-refractivity contribution in [3.05, 3.63) is 53.3 Å². The number of hydrogen-bond donors (Lipinski definition) is 2. The summed E-state index contributed by atoms with van der Waals surface area (Å²) in [6, 6.07) is 8.63. The zero-order valence-corrected chi connectivity index (χ0v) is 33.3. The van der Waals surface area contributed by atoms with Gasteiger partial charge in [-0.2, -0.15) is 0 Å². The molecule has 1 aliphatic rings. The molecule has 0 spiro atoms. The van der Waals surface area contributed by atoms with Crippen molar-refractivity contribution in [1.29, 1.82) is 0 Å². The summed E-state index contributed by atoms with van der Waals surface area (Å²) in [5.74, 6) is -0.430. The first-order chi connectivity index (χ1) is 25.6. The Hall–Kier alpha value is -4.43. The van der Waals surface area contributed by atoms with Gasteiger partial charge in [-0.05, 0) is 87.6 Å². The van der Waals surface area contributed by atoms with Crippen LogP contribution in [0.5, 0.6) is 11.5 Å². The van der Waals surface area contributed by atoms with Gasteiger partial charge >= 0.3 is 12.1 Å². The SMILES string of the molecule is COCCCOc1cc(C[C@@H](C[C@H]2[C@H](C[C@H](C(=O)NCC(C)(C)C(N)=O)C(C)C)OCN2C(=O)OCOC(=O)c2cccnc2C)C(C)C)ccc1OC. The Kier molecular flexibility index (Phi) is 17.0. The van der Waals surface area contributed by atoms with Crippen LogP contribution in [0.25, 0.3) is 0 Å². The van der Waals surface area contributed by atoms with E-state index in [4.69, 9.17) is 34.2 Å². The van der Waals surface area contributed by atoms with Gasteiger partial charge in [0, 0.05) is 38.8 Å². The first kappa shape index (κ1) is 44.0. The average Bonchev–Trinajstić information content (AvgIpc) is 3.52. The molecule has 3 rings (SSSR count). The number of aromatic nitrogens is 1. The lowest BCUT2D eigenvalue weighted by Gasteiger charge is -2.33. The molecule has 1 aliphatic heterocycles. The van der Waals surface area contributed by atoms with E-state index in [-0.39, 0.29) is 42.5 Å². The minimum atomic E-state index is -0.927. The van der Waals surface area contributed by atoms with E-state index in [9.17, 15) is 19.2 Å². The fraction of sp³-hybridized carbons (Fsp3) is 0.625. The van der Waals surface area contributed by atoms with Crippen molar-refractivity contribution in [3.63, 3.8) is 0 Å². The Morgan fingerprint density at radius 1 is 1.02 bits per heavy atom. The summed E-state index contributed by atoms with van der Waals surface area (Å²) in [4.78, 5) is 57.4. The third-order valence-corrected chi connectivity index (χ3v) is 10.1. The maximum Gasteiger partial charge on any atom is 0.414 e. The Bertz CT molecular complexity index is 1550. The maximum atomic E-state index is 13.6. The molecule has 0 saturated carbocycles. The topological polar surface area (TPSA) is 178 Å². The fourth-order valence-corrected chi connectivity index (χ4v) is 6.28. The number of amides is 3. The second kappa shape index (κ2) is 20.9. The number of nitrogens with one attached hydrogen (secondary N) is 1. The summed E-state index contributed by atoms with van der Waals surface area (Å²) in [5, 5.41) is 2.91. The van der Waals surface area contributed by atoms with Crippen LogP contribution in [0, 0.1) is 36.0 Å². The van der Waals surface area contributed by atoms with E-state index in [0.29, 0.717) is 49.7 Å². The monoisotopic (exact) mass is 756 g/mol. The molecule has 2 aromatic rings. The quantitative estimate of drug-likeness (QED) is 0.0962. The Morgan fingerprint density at radius 2 is 1.76 bits per heavy atom. The molecule has 0 bridgehead atoms. The standard InChI is InChI=1S/C40H60N4O10/c1-25(2)29(18-28-13-14-33(50-9)35(19-28)51-17-11-16-49-8)20-32-34(21-31(26(3)4)36(45)43-22-40(6,7)38(41)47)52-23-44(32)39(48)54-24-53-37(46)30-12-10-15-42-27(30)5/h10,12-15,19,25-26,29,31-32,34H,11,16-18,20-24H2,1-9H3,(H2,41,47)(H,43,45)/t29-,31-,32-,34-/m0/s1. The highest BCUT2D eigenvalue weighted by molar-refractivity contribution is 5.90. The highest BCUT2D eigenvalue weighted by atomic mass is 16.7. The smallest absolute Gasteiger partial charge is 0.414 e. The number of rotatable bonds is 21. The third-order valence-electron chi connectivity index (χ3n) is 10.1. The maximum absolute atomic E-state index is 13.6. The van der Waals surface area contributed by atoms with Crippen molar-refractivity contribution in [3.8, 4) is 11.5 Å². The normalized spacial score (nSPS) is 16.9. The van der Waals surface area contributed by atoms with Crippen LogP contribution < -0.4 is 20.5 Å². The lowest BCUT2D eigenvalue weighted by Crippen LogP contribution is -2.47. The molecule has 1 fully saturated rings. The molecule has 2 heterocycles. The molecule has 0 aliphatic carbocycles. The van der Waals surface area contributed by atoms with Gasteiger partial charge in [-0.25, -0.2) is 9.59 Å². The molecule has 300 valence electrons. The van der Waals surface area contributed by atoms with E-state index in [2.05, 4.69) is 24.1 Å². The number of pyridine rings is 1. The van der Waals surface area contributed by atoms with Gasteiger partial charge in [0.25, 0.3) is 0 Å². The molecule has 0 unspecified atom stereocenters. The highest BCUT2D eigenvalue weighted by Gasteiger charge is 2.43. The Labute approximate surface area is 319 Å². The van der Waals surface area contributed by atoms with E-state index in [0.717, 1.165) is 12.0 Å². The summed E-state index contributed by atoms with van der Waals surface area (Å²) < 4.78 is 33.8. The Morgan fingerprint density at radius 3 is 2.39 bits per heavy atom. The number of ether oxygens (including phenoxy) is 6. The summed E-state index contributed by atoms with van der Waals surface area (Å²) >= 11 is 0. The van der Waals surface area contributed by atoms with Gasteiger partial charge in [-0.15, -0.1) is 0 Å². The molecule has 3 amide bonds. The van der Waals surface area contributed by atoms with E-state index >= 15 is 0 Å². The van der Waals surface area contributed by atoms with Gasteiger partial charge < -0.3 is 39.5 Å². The minimum absolute atomic E-state index is 0.0679. The summed E-state index contributed by atoms with van der Waals surface area (Å²) in [5.41, 5.74) is 6.42. The lowest BCUT2D eigenvalue weighted by molar-refractivity contribution is -0.130. The van der Waals surface area contributed by atoms with E-state index in [1.165, 1.54) is 4.90 Å². The predicted molar refractivity (Wildman–Crippen MR) is 202 cm³/mol.